The quantitative estimate of drug-likeness (QED) is 0.498. The minimum atomic E-state index is -0.368. The van der Waals surface area contributed by atoms with Gasteiger partial charge < -0.3 is 5.32 Å². The summed E-state index contributed by atoms with van der Waals surface area (Å²) in [6, 6.07) is 17.7. The van der Waals surface area contributed by atoms with Crippen molar-refractivity contribution in [2.75, 3.05) is 0 Å². The summed E-state index contributed by atoms with van der Waals surface area (Å²) in [5, 5.41) is 7.83. The van der Waals surface area contributed by atoms with Crippen LogP contribution in [0.25, 0.3) is 5.65 Å². The molecule has 152 valence electrons. The van der Waals surface area contributed by atoms with E-state index in [-0.39, 0.29) is 18.1 Å². The normalized spacial score (nSPS) is 11.0. The Morgan fingerprint density at radius 3 is 2.67 bits per heavy atom. The van der Waals surface area contributed by atoms with Gasteiger partial charge in [-0.1, -0.05) is 67.2 Å². The van der Waals surface area contributed by atoms with Gasteiger partial charge >= 0.3 is 5.69 Å². The molecule has 4 aromatic rings. The molecule has 0 atom stereocenters. The number of carbonyl (C=O) groups excluding carboxylic acids is 1. The van der Waals surface area contributed by atoms with Gasteiger partial charge in [-0.05, 0) is 23.6 Å². The number of carbonyl (C=O) groups is 1. The standard InChI is InChI=1S/C22H21N5O2S/c1-2-17-10-6-7-11-18(17)30-21-20-25-27(22(29)26(20)13-12-23-21)15-19(28)24-14-16-8-4-3-5-9-16/h3-13H,2,14-15H2,1H3,(H,24,28). The molecule has 0 radical (unpaired) electrons. The fraction of sp³-hybridized carbons (Fsp3) is 0.182. The molecule has 4 rings (SSSR count). The third-order valence-corrected chi connectivity index (χ3v) is 5.75. The van der Waals surface area contributed by atoms with Gasteiger partial charge in [0.05, 0.1) is 0 Å². The molecule has 0 saturated carbocycles. The molecule has 7 nitrogen and oxygen atoms in total. The monoisotopic (exact) mass is 419 g/mol. The SMILES string of the molecule is CCc1ccccc1Sc1nccn2c(=O)n(CC(=O)NCc3ccccc3)nc12. The number of amides is 1. The maximum absolute atomic E-state index is 12.7. The largest absolute Gasteiger partial charge is 0.350 e. The van der Waals surface area contributed by atoms with Crippen molar-refractivity contribution in [3.63, 3.8) is 0 Å². The van der Waals surface area contributed by atoms with Crippen LogP contribution in [0.2, 0.25) is 0 Å². The highest BCUT2D eigenvalue weighted by atomic mass is 32.2. The van der Waals surface area contributed by atoms with Crippen LogP contribution in [-0.4, -0.2) is 25.1 Å². The second-order valence-corrected chi connectivity index (χ2v) is 7.72. The highest BCUT2D eigenvalue weighted by molar-refractivity contribution is 7.99. The molecule has 0 spiro atoms. The van der Waals surface area contributed by atoms with Crippen molar-refractivity contribution in [3.8, 4) is 0 Å². The lowest BCUT2D eigenvalue weighted by molar-refractivity contribution is -0.122. The van der Waals surface area contributed by atoms with Crippen molar-refractivity contribution in [1.82, 2.24) is 24.5 Å². The first-order valence-electron chi connectivity index (χ1n) is 9.66. The molecule has 1 N–H and O–H groups in total. The van der Waals surface area contributed by atoms with E-state index in [2.05, 4.69) is 28.4 Å². The molecule has 1 amide bonds. The van der Waals surface area contributed by atoms with Crippen LogP contribution in [-0.2, 0) is 24.3 Å². The Kier molecular flexibility index (Phi) is 5.94. The van der Waals surface area contributed by atoms with E-state index < -0.39 is 0 Å². The van der Waals surface area contributed by atoms with Crippen LogP contribution in [0.4, 0.5) is 0 Å². The summed E-state index contributed by atoms with van der Waals surface area (Å²) >= 11 is 1.47. The first-order valence-corrected chi connectivity index (χ1v) is 10.5. The van der Waals surface area contributed by atoms with Gasteiger partial charge in [0, 0.05) is 23.8 Å². The molecule has 0 unspecified atom stereocenters. The van der Waals surface area contributed by atoms with E-state index >= 15 is 0 Å². The lowest BCUT2D eigenvalue weighted by Crippen LogP contribution is -2.32. The van der Waals surface area contributed by atoms with Gasteiger partial charge in [0.1, 0.15) is 11.6 Å². The van der Waals surface area contributed by atoms with Crippen LogP contribution in [0.3, 0.4) is 0 Å². The van der Waals surface area contributed by atoms with Crippen LogP contribution in [0, 0.1) is 0 Å². The molecule has 0 aliphatic rings. The van der Waals surface area contributed by atoms with Gasteiger partial charge in [0.15, 0.2) is 5.65 Å². The molecule has 8 heteroatoms. The van der Waals surface area contributed by atoms with Gasteiger partial charge in [-0.25, -0.2) is 18.9 Å². The van der Waals surface area contributed by atoms with E-state index in [1.165, 1.54) is 26.4 Å². The summed E-state index contributed by atoms with van der Waals surface area (Å²) in [6.07, 6.45) is 4.04. The van der Waals surface area contributed by atoms with Gasteiger partial charge in [0.2, 0.25) is 5.91 Å². The Hall–Kier alpha value is -3.39. The van der Waals surface area contributed by atoms with E-state index in [9.17, 15) is 9.59 Å². The van der Waals surface area contributed by atoms with Crippen LogP contribution in [0.15, 0.2) is 81.7 Å². The minimum absolute atomic E-state index is 0.150. The zero-order valence-corrected chi connectivity index (χ0v) is 17.3. The number of aromatic nitrogens is 4. The Balaban J connectivity index is 1.55. The number of hydrogen-bond donors (Lipinski definition) is 1. The molecule has 0 bridgehead atoms. The van der Waals surface area contributed by atoms with E-state index in [0.717, 1.165) is 16.9 Å². The Morgan fingerprint density at radius 2 is 1.87 bits per heavy atom. The Labute approximate surface area is 177 Å². The van der Waals surface area contributed by atoms with Gasteiger partial charge in [-0.3, -0.25) is 4.79 Å². The lowest BCUT2D eigenvalue weighted by Gasteiger charge is -2.06. The molecule has 0 aliphatic heterocycles. The zero-order chi connectivity index (χ0) is 20.9. The maximum atomic E-state index is 12.7. The van der Waals surface area contributed by atoms with Crippen molar-refractivity contribution >= 4 is 23.3 Å². The molecular weight excluding hydrogens is 398 g/mol. The molecular formula is C22H21N5O2S. The summed E-state index contributed by atoms with van der Waals surface area (Å²) in [5.41, 5.74) is 2.26. The summed E-state index contributed by atoms with van der Waals surface area (Å²) in [6.45, 7) is 2.35. The van der Waals surface area contributed by atoms with E-state index in [0.29, 0.717) is 17.2 Å². The summed E-state index contributed by atoms with van der Waals surface area (Å²) in [5.74, 6) is -0.275. The molecule has 30 heavy (non-hydrogen) atoms. The predicted molar refractivity (Wildman–Crippen MR) is 115 cm³/mol. The van der Waals surface area contributed by atoms with Crippen LogP contribution in [0.5, 0.6) is 0 Å². The zero-order valence-electron chi connectivity index (χ0n) is 16.5. The highest BCUT2D eigenvalue weighted by Gasteiger charge is 2.15. The number of nitrogens with one attached hydrogen (secondary N) is 1. The van der Waals surface area contributed by atoms with E-state index in [4.69, 9.17) is 0 Å². The summed E-state index contributed by atoms with van der Waals surface area (Å²) in [7, 11) is 0. The first kappa shape index (κ1) is 19.9. The smallest absolute Gasteiger partial charge is 0.350 e. The van der Waals surface area contributed by atoms with Gasteiger partial charge in [-0.2, -0.15) is 0 Å². The third kappa shape index (κ3) is 4.28. The maximum Gasteiger partial charge on any atom is 0.350 e. The van der Waals surface area contributed by atoms with Gasteiger partial charge in [-0.15, -0.1) is 5.10 Å². The van der Waals surface area contributed by atoms with Gasteiger partial charge in [0.25, 0.3) is 0 Å². The van der Waals surface area contributed by atoms with E-state index in [1.54, 1.807) is 12.4 Å². The Morgan fingerprint density at radius 1 is 1.10 bits per heavy atom. The summed E-state index contributed by atoms with van der Waals surface area (Å²) < 4.78 is 2.60. The number of benzene rings is 2. The predicted octanol–water partition coefficient (Wildman–Crippen LogP) is 2.92. The fourth-order valence-electron chi connectivity index (χ4n) is 3.09. The van der Waals surface area contributed by atoms with Crippen LogP contribution in [0.1, 0.15) is 18.1 Å². The van der Waals surface area contributed by atoms with Crippen molar-refractivity contribution in [2.24, 2.45) is 0 Å². The molecule has 2 aromatic carbocycles. The number of rotatable bonds is 7. The van der Waals surface area contributed by atoms with Crippen LogP contribution < -0.4 is 11.0 Å². The van der Waals surface area contributed by atoms with Crippen molar-refractivity contribution in [2.45, 2.75) is 36.4 Å². The number of fused-ring (bicyclic) bond motifs is 1. The summed E-state index contributed by atoms with van der Waals surface area (Å²) in [4.78, 5) is 30.5. The Bertz CT molecular complexity index is 1230. The number of aryl methyl sites for hydroxylation is 1. The second-order valence-electron chi connectivity index (χ2n) is 6.69. The van der Waals surface area contributed by atoms with Crippen LogP contribution >= 0.6 is 11.8 Å². The molecule has 2 aromatic heterocycles. The number of nitrogens with zero attached hydrogens (tertiary/aromatic N) is 4. The lowest BCUT2D eigenvalue weighted by atomic mass is 10.2. The average Bonchev–Trinajstić information content (AvgIpc) is 3.10. The average molecular weight is 420 g/mol. The van der Waals surface area contributed by atoms with Crippen molar-refractivity contribution in [1.29, 1.82) is 0 Å². The number of hydrogen-bond acceptors (Lipinski definition) is 5. The minimum Gasteiger partial charge on any atom is -0.350 e. The molecule has 0 saturated heterocycles. The highest BCUT2D eigenvalue weighted by Crippen LogP contribution is 2.30. The fourth-order valence-corrected chi connectivity index (χ4v) is 4.13. The second kappa shape index (κ2) is 8.96. The van der Waals surface area contributed by atoms with Crippen molar-refractivity contribution < 1.29 is 4.79 Å². The van der Waals surface area contributed by atoms with E-state index in [1.807, 2.05) is 48.5 Å². The van der Waals surface area contributed by atoms with Crippen molar-refractivity contribution in [3.05, 3.63) is 88.6 Å². The topological polar surface area (TPSA) is 81.3 Å². The third-order valence-electron chi connectivity index (χ3n) is 4.66. The first-order chi connectivity index (χ1) is 14.7. The molecule has 0 fully saturated rings. The molecule has 0 aliphatic carbocycles. The molecule has 2 heterocycles.